The van der Waals surface area contributed by atoms with Crippen LogP contribution in [0, 0.1) is 11.3 Å². The van der Waals surface area contributed by atoms with Crippen LogP contribution in [0.4, 0.5) is 0 Å². The minimum atomic E-state index is -0.992. The minimum Gasteiger partial charge on any atom is -0.465 e. The zero-order valence-electron chi connectivity index (χ0n) is 20.2. The van der Waals surface area contributed by atoms with Gasteiger partial charge in [-0.1, -0.05) is 51.1 Å². The lowest BCUT2D eigenvalue weighted by Gasteiger charge is -2.46. The second kappa shape index (κ2) is 10.9. The van der Waals surface area contributed by atoms with Gasteiger partial charge in [-0.25, -0.2) is 0 Å². The monoisotopic (exact) mass is 459 g/mol. The molecule has 0 N–H and O–H groups in total. The number of benzene rings is 1. The molecular formula is C24H35N2O5Si. The molecule has 2 amide bonds. The Morgan fingerprint density at radius 2 is 1.78 bits per heavy atom. The topological polar surface area (TPSA) is 76.2 Å². The van der Waals surface area contributed by atoms with Crippen LogP contribution in [0.3, 0.4) is 0 Å². The average Bonchev–Trinajstić information content (AvgIpc) is 2.70. The largest absolute Gasteiger partial charge is 0.465 e. The number of hydrogen-bond acceptors (Lipinski definition) is 5. The van der Waals surface area contributed by atoms with Crippen molar-refractivity contribution in [3.63, 3.8) is 0 Å². The van der Waals surface area contributed by atoms with Crippen LogP contribution in [0.5, 0.6) is 0 Å². The lowest BCUT2D eigenvalue weighted by atomic mass is 9.75. The fraction of sp³-hybridized carbons (Fsp3) is 0.542. The van der Waals surface area contributed by atoms with E-state index < -0.39 is 21.1 Å². The molecule has 1 radical (unpaired) electrons. The molecule has 175 valence electrons. The zero-order chi connectivity index (χ0) is 24.1. The SMILES string of the molecule is CCOC(=O)CN1C(=O)C(C(CO[Si](C)C)C(C)(C)C)N(C(C)=O)C=C1c1ccccc1. The summed E-state index contributed by atoms with van der Waals surface area (Å²) in [5, 5.41) is 0. The molecule has 1 heterocycles. The Morgan fingerprint density at radius 3 is 2.28 bits per heavy atom. The summed E-state index contributed by atoms with van der Waals surface area (Å²) in [6.07, 6.45) is 1.69. The Morgan fingerprint density at radius 1 is 1.16 bits per heavy atom. The molecule has 1 aromatic rings. The van der Waals surface area contributed by atoms with Gasteiger partial charge in [0.1, 0.15) is 12.6 Å². The molecule has 32 heavy (non-hydrogen) atoms. The number of nitrogens with zero attached hydrogens (tertiary/aromatic N) is 2. The van der Waals surface area contributed by atoms with Gasteiger partial charge in [-0.15, -0.1) is 0 Å². The molecular weight excluding hydrogens is 424 g/mol. The third-order valence-electron chi connectivity index (χ3n) is 5.44. The highest BCUT2D eigenvalue weighted by molar-refractivity contribution is 6.48. The number of rotatable bonds is 8. The van der Waals surface area contributed by atoms with Crippen molar-refractivity contribution in [3.8, 4) is 0 Å². The van der Waals surface area contributed by atoms with Gasteiger partial charge in [-0.2, -0.15) is 0 Å². The maximum Gasteiger partial charge on any atom is 0.326 e. The molecule has 0 bridgehead atoms. The van der Waals surface area contributed by atoms with Gasteiger partial charge in [-0.05, 0) is 31.0 Å². The summed E-state index contributed by atoms with van der Waals surface area (Å²) in [6.45, 7) is 13.7. The average molecular weight is 460 g/mol. The standard InChI is InChI=1S/C24H35N2O5Si/c1-8-30-21(28)15-26-20(18-12-10-9-11-13-18)14-25(17(2)27)22(23(26)29)19(24(3,4)5)16-31-32(6)7/h9-14,19,22H,8,15-16H2,1-7H3. The normalized spacial score (nSPS) is 17.9. The molecule has 1 aliphatic heterocycles. The van der Waals surface area contributed by atoms with Crippen LogP contribution in [0.25, 0.3) is 5.70 Å². The summed E-state index contributed by atoms with van der Waals surface area (Å²) in [7, 11) is -0.992. The second-order valence-electron chi connectivity index (χ2n) is 9.17. The van der Waals surface area contributed by atoms with Crippen molar-refractivity contribution < 1.29 is 23.5 Å². The molecule has 7 nitrogen and oxygen atoms in total. The summed E-state index contributed by atoms with van der Waals surface area (Å²) in [6, 6.07) is 8.50. The first-order chi connectivity index (χ1) is 15.0. The van der Waals surface area contributed by atoms with Crippen molar-refractivity contribution in [3.05, 3.63) is 42.1 Å². The number of amides is 2. The van der Waals surface area contributed by atoms with E-state index in [4.69, 9.17) is 9.16 Å². The summed E-state index contributed by atoms with van der Waals surface area (Å²) in [4.78, 5) is 42.0. The van der Waals surface area contributed by atoms with Crippen molar-refractivity contribution in [2.24, 2.45) is 11.3 Å². The predicted molar refractivity (Wildman–Crippen MR) is 125 cm³/mol. The number of esters is 1. The van der Waals surface area contributed by atoms with Gasteiger partial charge < -0.3 is 14.1 Å². The van der Waals surface area contributed by atoms with Crippen LogP contribution >= 0.6 is 0 Å². The highest BCUT2D eigenvalue weighted by Crippen LogP contribution is 2.37. The quantitative estimate of drug-likeness (QED) is 0.439. The molecule has 2 rings (SSSR count). The van der Waals surface area contributed by atoms with Gasteiger partial charge in [-0.3, -0.25) is 19.3 Å². The Kier molecular flexibility index (Phi) is 8.80. The highest BCUT2D eigenvalue weighted by atomic mass is 28.3. The molecule has 0 aliphatic carbocycles. The van der Waals surface area contributed by atoms with E-state index >= 15 is 0 Å². The third kappa shape index (κ3) is 6.29. The van der Waals surface area contributed by atoms with Crippen LogP contribution in [-0.2, 0) is 23.5 Å². The Labute approximate surface area is 193 Å². The van der Waals surface area contributed by atoms with Crippen molar-refractivity contribution in [1.29, 1.82) is 0 Å². The first-order valence-electron chi connectivity index (χ1n) is 10.9. The summed E-state index contributed by atoms with van der Waals surface area (Å²) < 4.78 is 11.1. The van der Waals surface area contributed by atoms with Gasteiger partial charge in [0.25, 0.3) is 5.91 Å². The first-order valence-corrected chi connectivity index (χ1v) is 13.3. The van der Waals surface area contributed by atoms with E-state index in [1.165, 1.54) is 16.7 Å². The highest BCUT2D eigenvalue weighted by Gasteiger charge is 2.46. The fourth-order valence-electron chi connectivity index (χ4n) is 3.74. The van der Waals surface area contributed by atoms with Crippen LogP contribution in [-0.4, -0.2) is 62.4 Å². The van der Waals surface area contributed by atoms with E-state index in [0.29, 0.717) is 12.3 Å². The lowest BCUT2D eigenvalue weighted by Crippen LogP contribution is -2.59. The predicted octanol–water partition coefficient (Wildman–Crippen LogP) is 3.54. The summed E-state index contributed by atoms with van der Waals surface area (Å²) in [5.41, 5.74) is 0.921. The zero-order valence-corrected chi connectivity index (χ0v) is 21.2. The first kappa shape index (κ1) is 25.8. The Balaban J connectivity index is 2.61. The maximum absolute atomic E-state index is 13.9. The summed E-state index contributed by atoms with van der Waals surface area (Å²) >= 11 is 0. The van der Waals surface area contributed by atoms with Gasteiger partial charge in [0.15, 0.2) is 0 Å². The Bertz CT molecular complexity index is 848. The van der Waals surface area contributed by atoms with Crippen LogP contribution in [0.15, 0.2) is 36.5 Å². The molecule has 2 unspecified atom stereocenters. The fourth-order valence-corrected chi connectivity index (χ4v) is 4.25. The number of hydrogen-bond donors (Lipinski definition) is 0. The van der Waals surface area contributed by atoms with E-state index in [1.54, 1.807) is 13.1 Å². The van der Waals surface area contributed by atoms with Crippen molar-refractivity contribution in [2.45, 2.75) is 53.8 Å². The van der Waals surface area contributed by atoms with E-state index in [0.717, 1.165) is 5.56 Å². The molecule has 8 heteroatoms. The van der Waals surface area contributed by atoms with Crippen molar-refractivity contribution in [1.82, 2.24) is 9.80 Å². The van der Waals surface area contributed by atoms with E-state index in [-0.39, 0.29) is 36.3 Å². The van der Waals surface area contributed by atoms with E-state index in [2.05, 4.69) is 0 Å². The van der Waals surface area contributed by atoms with E-state index in [1.807, 2.05) is 64.2 Å². The number of carbonyl (C=O) groups excluding carboxylic acids is 3. The van der Waals surface area contributed by atoms with Crippen LogP contribution in [0.2, 0.25) is 13.1 Å². The van der Waals surface area contributed by atoms with Crippen molar-refractivity contribution >= 4 is 32.5 Å². The molecule has 2 atom stereocenters. The minimum absolute atomic E-state index is 0.218. The molecule has 0 fully saturated rings. The molecule has 1 aromatic carbocycles. The molecule has 1 aliphatic rings. The lowest BCUT2D eigenvalue weighted by molar-refractivity contribution is -0.152. The molecule has 0 saturated carbocycles. The maximum atomic E-state index is 13.9. The van der Waals surface area contributed by atoms with Gasteiger partial charge in [0, 0.05) is 25.6 Å². The Hall–Kier alpha value is -2.45. The molecule has 0 spiro atoms. The summed E-state index contributed by atoms with van der Waals surface area (Å²) in [5.74, 6) is -1.30. The number of ether oxygens (including phenoxy) is 1. The van der Waals surface area contributed by atoms with Gasteiger partial charge >= 0.3 is 5.97 Å². The van der Waals surface area contributed by atoms with E-state index in [9.17, 15) is 14.4 Å². The second-order valence-corrected chi connectivity index (χ2v) is 11.3. The van der Waals surface area contributed by atoms with Gasteiger partial charge in [0.05, 0.1) is 12.3 Å². The molecule has 0 aromatic heterocycles. The van der Waals surface area contributed by atoms with Crippen molar-refractivity contribution in [2.75, 3.05) is 19.8 Å². The molecule has 0 saturated heterocycles. The third-order valence-corrected chi connectivity index (χ3v) is 6.19. The van der Waals surface area contributed by atoms with Gasteiger partial charge in [0.2, 0.25) is 14.9 Å². The smallest absolute Gasteiger partial charge is 0.326 e. The van der Waals surface area contributed by atoms with Crippen LogP contribution in [0.1, 0.15) is 40.2 Å². The van der Waals surface area contributed by atoms with Crippen LogP contribution < -0.4 is 0 Å². The number of carbonyl (C=O) groups is 3.